The molecule has 3 aromatic rings. The average Bonchev–Trinajstić information content (AvgIpc) is 2.99. The fourth-order valence-corrected chi connectivity index (χ4v) is 3.86. The lowest BCUT2D eigenvalue weighted by molar-refractivity contribution is -0.120. The number of aryl methyl sites for hydroxylation is 3. The van der Waals surface area contributed by atoms with Crippen molar-refractivity contribution in [3.8, 4) is 5.75 Å². The molecule has 0 saturated carbocycles. The summed E-state index contributed by atoms with van der Waals surface area (Å²) >= 11 is 0. The van der Waals surface area contributed by atoms with E-state index >= 15 is 0 Å². The van der Waals surface area contributed by atoms with Gasteiger partial charge in [-0.3, -0.25) is 9.59 Å². The van der Waals surface area contributed by atoms with Gasteiger partial charge in [-0.2, -0.15) is 0 Å². The molecule has 4 rings (SSSR count). The van der Waals surface area contributed by atoms with Crippen LogP contribution in [0.3, 0.4) is 0 Å². The number of halogens is 1. The first-order valence-corrected chi connectivity index (χ1v) is 10.2. The van der Waals surface area contributed by atoms with E-state index in [9.17, 15) is 14.0 Å². The van der Waals surface area contributed by atoms with Crippen molar-refractivity contribution in [3.63, 3.8) is 0 Å². The Morgan fingerprint density at radius 2 is 1.50 bits per heavy atom. The summed E-state index contributed by atoms with van der Waals surface area (Å²) in [7, 11) is 1.50. The second-order valence-corrected chi connectivity index (χ2v) is 7.82. The quantitative estimate of drug-likeness (QED) is 0.569. The maximum Gasteiger partial charge on any atom is 0.282 e. The Morgan fingerprint density at radius 3 is 2.16 bits per heavy atom. The van der Waals surface area contributed by atoms with Crippen LogP contribution in [0.25, 0.3) is 5.57 Å². The van der Waals surface area contributed by atoms with E-state index in [2.05, 4.69) is 5.32 Å². The van der Waals surface area contributed by atoms with E-state index in [-0.39, 0.29) is 17.1 Å². The normalized spacial score (nSPS) is 13.7. The van der Waals surface area contributed by atoms with E-state index in [1.54, 1.807) is 12.1 Å². The van der Waals surface area contributed by atoms with Crippen LogP contribution in [0.4, 0.5) is 15.8 Å². The van der Waals surface area contributed by atoms with Crippen LogP contribution in [0.15, 0.2) is 66.4 Å². The zero-order chi connectivity index (χ0) is 23.0. The van der Waals surface area contributed by atoms with Crippen molar-refractivity contribution in [1.82, 2.24) is 0 Å². The minimum atomic E-state index is -0.502. The molecule has 0 radical (unpaired) electrons. The maximum atomic E-state index is 13.7. The van der Waals surface area contributed by atoms with Crippen molar-refractivity contribution in [2.45, 2.75) is 20.8 Å². The van der Waals surface area contributed by atoms with Gasteiger partial charge in [0.2, 0.25) is 0 Å². The first-order chi connectivity index (χ1) is 15.3. The molecule has 2 amide bonds. The highest BCUT2D eigenvalue weighted by Gasteiger charge is 2.42. The van der Waals surface area contributed by atoms with Crippen molar-refractivity contribution in [2.75, 3.05) is 17.3 Å². The summed E-state index contributed by atoms with van der Waals surface area (Å²) in [5, 5.41) is 3.05. The topological polar surface area (TPSA) is 58.6 Å². The molecule has 1 aliphatic rings. The lowest BCUT2D eigenvalue weighted by Crippen LogP contribution is -2.32. The van der Waals surface area contributed by atoms with Crippen molar-refractivity contribution < 1.29 is 18.7 Å². The molecular weight excluding hydrogens is 407 g/mol. The number of rotatable bonds is 5. The van der Waals surface area contributed by atoms with E-state index < -0.39 is 11.8 Å². The number of imide groups is 1. The molecule has 0 aromatic heterocycles. The van der Waals surface area contributed by atoms with Crippen molar-refractivity contribution >= 4 is 28.8 Å². The number of benzene rings is 3. The summed E-state index contributed by atoms with van der Waals surface area (Å²) < 4.78 is 18.8. The molecule has 0 aliphatic carbocycles. The highest BCUT2D eigenvalue weighted by molar-refractivity contribution is 6.46. The lowest BCUT2D eigenvalue weighted by Gasteiger charge is -2.19. The van der Waals surface area contributed by atoms with Gasteiger partial charge in [-0.1, -0.05) is 29.8 Å². The summed E-state index contributed by atoms with van der Waals surface area (Å²) in [6.45, 7) is 5.75. The van der Waals surface area contributed by atoms with Gasteiger partial charge >= 0.3 is 0 Å². The van der Waals surface area contributed by atoms with Crippen molar-refractivity contribution in [2.24, 2.45) is 0 Å². The molecule has 1 aliphatic heterocycles. The molecule has 3 aromatic carbocycles. The fourth-order valence-electron chi connectivity index (χ4n) is 3.86. The number of carbonyl (C=O) groups excluding carboxylic acids is 2. The molecule has 0 saturated heterocycles. The van der Waals surface area contributed by atoms with Gasteiger partial charge in [0.25, 0.3) is 11.8 Å². The summed E-state index contributed by atoms with van der Waals surface area (Å²) in [4.78, 5) is 28.4. The van der Waals surface area contributed by atoms with Crippen LogP contribution in [-0.2, 0) is 9.59 Å². The number of amides is 2. The van der Waals surface area contributed by atoms with Gasteiger partial charge in [0.15, 0.2) is 0 Å². The summed E-state index contributed by atoms with van der Waals surface area (Å²) in [6.07, 6.45) is 0. The molecule has 162 valence electrons. The zero-order valence-electron chi connectivity index (χ0n) is 18.3. The predicted molar refractivity (Wildman–Crippen MR) is 123 cm³/mol. The van der Waals surface area contributed by atoms with Gasteiger partial charge < -0.3 is 10.1 Å². The highest BCUT2D eigenvalue weighted by Crippen LogP contribution is 2.39. The van der Waals surface area contributed by atoms with Crippen molar-refractivity contribution in [1.29, 1.82) is 0 Å². The molecule has 1 N–H and O–H groups in total. The van der Waals surface area contributed by atoms with Crippen LogP contribution in [0.2, 0.25) is 0 Å². The third-order valence-electron chi connectivity index (χ3n) is 5.42. The molecule has 0 fully saturated rings. The Hall–Kier alpha value is -3.93. The third kappa shape index (κ3) is 3.75. The number of nitrogens with zero attached hydrogens (tertiary/aromatic N) is 1. The van der Waals surface area contributed by atoms with Gasteiger partial charge in [-0.15, -0.1) is 0 Å². The molecule has 6 heteroatoms. The van der Waals surface area contributed by atoms with Crippen LogP contribution in [-0.4, -0.2) is 18.9 Å². The van der Waals surface area contributed by atoms with Gasteiger partial charge in [0.1, 0.15) is 17.3 Å². The third-order valence-corrected chi connectivity index (χ3v) is 5.42. The Labute approximate surface area is 186 Å². The highest BCUT2D eigenvalue weighted by atomic mass is 19.1. The standard InChI is InChI=1S/C26H23FN2O3/c1-15-5-11-20(17(3)13-15)23-24(28-19-9-7-18(27)8-10-19)26(31)29(25(23)30)21-14-16(2)6-12-22(21)32-4/h5-14,28H,1-4H3. The Balaban J connectivity index is 1.89. The Bertz CT molecular complexity index is 1260. The van der Waals surface area contributed by atoms with E-state index in [1.807, 2.05) is 45.0 Å². The number of carbonyl (C=O) groups is 2. The van der Waals surface area contributed by atoms with Crippen molar-refractivity contribution in [3.05, 3.63) is 94.4 Å². The summed E-state index contributed by atoms with van der Waals surface area (Å²) in [5.41, 5.74) is 4.75. The van der Waals surface area contributed by atoms with Gasteiger partial charge in [0.05, 0.1) is 18.4 Å². The zero-order valence-corrected chi connectivity index (χ0v) is 18.3. The van der Waals surface area contributed by atoms with E-state index in [0.29, 0.717) is 22.7 Å². The summed E-state index contributed by atoms with van der Waals surface area (Å²) in [6, 6.07) is 16.7. The summed E-state index contributed by atoms with van der Waals surface area (Å²) in [5.74, 6) is -0.923. The first-order valence-electron chi connectivity index (χ1n) is 10.2. The molecule has 0 atom stereocenters. The molecule has 0 bridgehead atoms. The largest absolute Gasteiger partial charge is 0.495 e. The molecule has 1 heterocycles. The van der Waals surface area contributed by atoms with Crippen LogP contribution in [0.1, 0.15) is 22.3 Å². The molecule has 0 spiro atoms. The maximum absolute atomic E-state index is 13.7. The number of hydrogen-bond donors (Lipinski definition) is 1. The Kier molecular flexibility index (Phi) is 5.53. The van der Waals surface area contributed by atoms with Crippen LogP contribution in [0.5, 0.6) is 5.75 Å². The van der Waals surface area contributed by atoms with Gasteiger partial charge in [-0.05, 0) is 73.9 Å². The Morgan fingerprint density at radius 1 is 0.844 bits per heavy atom. The lowest BCUT2D eigenvalue weighted by atomic mass is 9.97. The molecule has 5 nitrogen and oxygen atoms in total. The average molecular weight is 430 g/mol. The van der Waals surface area contributed by atoms with E-state index in [0.717, 1.165) is 21.6 Å². The smallest absolute Gasteiger partial charge is 0.282 e. The van der Waals surface area contributed by atoms with E-state index in [4.69, 9.17) is 4.74 Å². The molecule has 32 heavy (non-hydrogen) atoms. The number of anilines is 2. The second kappa shape index (κ2) is 8.30. The van der Waals surface area contributed by atoms with Crippen LogP contribution in [0, 0.1) is 26.6 Å². The van der Waals surface area contributed by atoms with Gasteiger partial charge in [0, 0.05) is 5.69 Å². The first kappa shape index (κ1) is 21.3. The second-order valence-electron chi connectivity index (χ2n) is 7.82. The molecular formula is C26H23FN2O3. The van der Waals surface area contributed by atoms with Crippen LogP contribution < -0.4 is 15.0 Å². The number of ether oxygens (including phenoxy) is 1. The SMILES string of the molecule is COc1ccc(C)cc1N1C(=O)C(Nc2ccc(F)cc2)=C(c2ccc(C)cc2C)C1=O. The fraction of sp³-hybridized carbons (Fsp3) is 0.154. The number of nitrogens with one attached hydrogen (secondary N) is 1. The monoisotopic (exact) mass is 430 g/mol. The minimum absolute atomic E-state index is 0.136. The predicted octanol–water partition coefficient (Wildman–Crippen LogP) is 5.16. The van der Waals surface area contributed by atoms with Gasteiger partial charge in [-0.25, -0.2) is 9.29 Å². The van der Waals surface area contributed by atoms with Crippen LogP contribution >= 0.6 is 0 Å². The number of hydrogen-bond acceptors (Lipinski definition) is 4. The number of methoxy groups -OCH3 is 1. The molecule has 0 unspecified atom stereocenters. The van der Waals surface area contributed by atoms with E-state index in [1.165, 1.54) is 31.4 Å². The minimum Gasteiger partial charge on any atom is -0.495 e.